The first kappa shape index (κ1) is 17.0. The van der Waals surface area contributed by atoms with Gasteiger partial charge in [0.05, 0.1) is 6.20 Å². The highest BCUT2D eigenvalue weighted by atomic mass is 19.4. The average molecular weight is 327 g/mol. The van der Waals surface area contributed by atoms with Gasteiger partial charge in [0.1, 0.15) is 24.7 Å². The van der Waals surface area contributed by atoms with E-state index in [1.165, 1.54) is 0 Å². The van der Waals surface area contributed by atoms with Gasteiger partial charge in [0.15, 0.2) is 0 Å². The van der Waals surface area contributed by atoms with E-state index >= 15 is 0 Å². The monoisotopic (exact) mass is 327 g/mol. The van der Waals surface area contributed by atoms with Crippen LogP contribution in [0.2, 0.25) is 0 Å². The van der Waals surface area contributed by atoms with Crippen molar-refractivity contribution in [2.24, 2.45) is 0 Å². The van der Waals surface area contributed by atoms with Gasteiger partial charge in [0, 0.05) is 6.54 Å². The lowest BCUT2D eigenvalue weighted by Crippen LogP contribution is -2.30. The highest BCUT2D eigenvalue weighted by molar-refractivity contribution is 5.76. The number of benzene rings is 1. The smallest absolute Gasteiger partial charge is 0.388 e. The number of amides is 1. The van der Waals surface area contributed by atoms with E-state index in [1.807, 2.05) is 31.2 Å². The average Bonchev–Trinajstić information content (AvgIpc) is 2.89. The third-order valence-electron chi connectivity index (χ3n) is 3.41. The van der Waals surface area contributed by atoms with Crippen molar-refractivity contribution in [2.45, 2.75) is 32.8 Å². The summed E-state index contributed by atoms with van der Waals surface area (Å²) in [5.74, 6) is -0.796. The Balaban J connectivity index is 2.09. The summed E-state index contributed by atoms with van der Waals surface area (Å²) < 4.78 is 39.3. The number of aliphatic hydroxyl groups is 1. The highest BCUT2D eigenvalue weighted by Gasteiger charge is 2.36. The Morgan fingerprint density at radius 1 is 1.35 bits per heavy atom. The molecule has 8 heteroatoms. The number of imidazole rings is 1. The normalized spacial score (nSPS) is 11.5. The summed E-state index contributed by atoms with van der Waals surface area (Å²) in [6, 6.07) is 7.38. The first-order valence-electron chi connectivity index (χ1n) is 6.86. The number of nitrogens with zero attached hydrogens (tertiary/aromatic N) is 2. The largest absolute Gasteiger partial charge is 0.433 e. The molecular weight excluding hydrogens is 311 g/mol. The van der Waals surface area contributed by atoms with E-state index in [0.717, 1.165) is 11.1 Å². The Bertz CT molecular complexity index is 696. The number of halogens is 3. The van der Waals surface area contributed by atoms with Gasteiger partial charge >= 0.3 is 6.18 Å². The Kier molecular flexibility index (Phi) is 5.05. The van der Waals surface area contributed by atoms with Crippen molar-refractivity contribution >= 4 is 5.91 Å². The van der Waals surface area contributed by atoms with Crippen LogP contribution in [0.15, 0.2) is 30.5 Å². The molecular formula is C15H16F3N3O2. The van der Waals surface area contributed by atoms with Crippen LogP contribution >= 0.6 is 0 Å². The molecule has 0 bridgehead atoms. The molecule has 2 N–H and O–H groups in total. The molecule has 1 aromatic carbocycles. The molecule has 2 aromatic rings. The number of carbonyl (C=O) groups excluding carboxylic acids is 1. The van der Waals surface area contributed by atoms with Gasteiger partial charge in [-0.15, -0.1) is 0 Å². The van der Waals surface area contributed by atoms with Crippen LogP contribution in [-0.4, -0.2) is 20.6 Å². The number of carbonyl (C=O) groups is 1. The van der Waals surface area contributed by atoms with Crippen LogP contribution in [0.25, 0.3) is 0 Å². The quantitative estimate of drug-likeness (QED) is 0.883. The van der Waals surface area contributed by atoms with Gasteiger partial charge in [0.25, 0.3) is 0 Å². The molecule has 1 heterocycles. The number of aromatic nitrogens is 2. The first-order chi connectivity index (χ1) is 10.8. The van der Waals surface area contributed by atoms with Crippen LogP contribution in [0, 0.1) is 6.92 Å². The Morgan fingerprint density at radius 2 is 2.04 bits per heavy atom. The minimum atomic E-state index is -4.64. The van der Waals surface area contributed by atoms with Gasteiger partial charge in [-0.05, 0) is 18.1 Å². The lowest BCUT2D eigenvalue weighted by atomic mass is 10.1. The lowest BCUT2D eigenvalue weighted by Gasteiger charge is -2.13. The molecule has 124 valence electrons. The standard InChI is InChI=1S/C15H16F3N3O2/c1-10-4-2-3-5-11(10)6-20-14(23)8-21-12(15(16,17)18)7-19-13(21)9-22/h2-5,7,22H,6,8-9H2,1H3,(H,20,23). The van der Waals surface area contributed by atoms with E-state index in [0.29, 0.717) is 10.8 Å². The van der Waals surface area contributed by atoms with Crippen molar-refractivity contribution in [3.63, 3.8) is 0 Å². The van der Waals surface area contributed by atoms with Gasteiger partial charge in [-0.2, -0.15) is 13.2 Å². The zero-order chi connectivity index (χ0) is 17.0. The minimum Gasteiger partial charge on any atom is -0.388 e. The number of aryl methyl sites for hydroxylation is 1. The predicted molar refractivity (Wildman–Crippen MR) is 76.2 cm³/mol. The molecule has 0 unspecified atom stereocenters. The molecule has 0 atom stereocenters. The van der Waals surface area contributed by atoms with Crippen molar-refractivity contribution < 1.29 is 23.1 Å². The Hall–Kier alpha value is -2.35. The number of hydrogen-bond acceptors (Lipinski definition) is 3. The van der Waals surface area contributed by atoms with Gasteiger partial charge in [0.2, 0.25) is 5.91 Å². The van der Waals surface area contributed by atoms with Crippen LogP contribution in [0.4, 0.5) is 13.2 Å². The molecule has 23 heavy (non-hydrogen) atoms. The van der Waals surface area contributed by atoms with E-state index in [9.17, 15) is 18.0 Å². The molecule has 1 aromatic heterocycles. The van der Waals surface area contributed by atoms with Crippen molar-refractivity contribution in [3.8, 4) is 0 Å². The first-order valence-corrected chi connectivity index (χ1v) is 6.86. The molecule has 0 radical (unpaired) electrons. The predicted octanol–water partition coefficient (Wildman–Crippen LogP) is 2.02. The fourth-order valence-corrected chi connectivity index (χ4v) is 2.14. The SMILES string of the molecule is Cc1ccccc1CNC(=O)Cn1c(C(F)(F)F)cnc1CO. The van der Waals surface area contributed by atoms with Crippen LogP contribution in [0.5, 0.6) is 0 Å². The summed E-state index contributed by atoms with van der Waals surface area (Å²) in [6.45, 7) is 0.858. The summed E-state index contributed by atoms with van der Waals surface area (Å²) >= 11 is 0. The van der Waals surface area contributed by atoms with Crippen LogP contribution < -0.4 is 5.32 Å². The van der Waals surface area contributed by atoms with E-state index in [2.05, 4.69) is 10.3 Å². The van der Waals surface area contributed by atoms with Crippen LogP contribution in [0.1, 0.15) is 22.6 Å². The lowest BCUT2D eigenvalue weighted by molar-refractivity contribution is -0.144. The van der Waals surface area contributed by atoms with Crippen molar-refractivity contribution in [3.05, 3.63) is 53.1 Å². The zero-order valence-electron chi connectivity index (χ0n) is 12.4. The molecule has 0 fully saturated rings. The maximum absolute atomic E-state index is 12.9. The fraction of sp³-hybridized carbons (Fsp3) is 0.333. The van der Waals surface area contributed by atoms with Gasteiger partial charge in [-0.1, -0.05) is 24.3 Å². The fourth-order valence-electron chi connectivity index (χ4n) is 2.14. The molecule has 2 rings (SSSR count). The van der Waals surface area contributed by atoms with E-state index in [1.54, 1.807) is 0 Å². The molecule has 0 aliphatic carbocycles. The molecule has 0 saturated heterocycles. The Morgan fingerprint density at radius 3 is 2.65 bits per heavy atom. The maximum atomic E-state index is 12.9. The molecule has 0 saturated carbocycles. The highest BCUT2D eigenvalue weighted by Crippen LogP contribution is 2.29. The maximum Gasteiger partial charge on any atom is 0.433 e. The molecule has 0 aliphatic heterocycles. The number of aliphatic hydroxyl groups excluding tert-OH is 1. The van der Waals surface area contributed by atoms with Crippen molar-refractivity contribution in [2.75, 3.05) is 0 Å². The number of alkyl halides is 3. The summed E-state index contributed by atoms with van der Waals surface area (Å²) in [7, 11) is 0. The minimum absolute atomic E-state index is 0.205. The number of rotatable bonds is 5. The van der Waals surface area contributed by atoms with Crippen LogP contribution in [0.3, 0.4) is 0 Å². The van der Waals surface area contributed by atoms with E-state index in [4.69, 9.17) is 5.11 Å². The van der Waals surface area contributed by atoms with Gasteiger partial charge < -0.3 is 15.0 Å². The summed E-state index contributed by atoms with van der Waals surface area (Å²) in [4.78, 5) is 15.4. The zero-order valence-corrected chi connectivity index (χ0v) is 12.4. The number of nitrogens with one attached hydrogen (secondary N) is 1. The second kappa shape index (κ2) is 6.82. The topological polar surface area (TPSA) is 67.2 Å². The molecule has 1 amide bonds. The van der Waals surface area contributed by atoms with Crippen molar-refractivity contribution in [1.29, 1.82) is 0 Å². The number of hydrogen-bond donors (Lipinski definition) is 2. The summed E-state index contributed by atoms with van der Waals surface area (Å²) in [6.07, 6.45) is -4.03. The van der Waals surface area contributed by atoms with Crippen LogP contribution in [-0.2, 0) is 30.7 Å². The van der Waals surface area contributed by atoms with E-state index in [-0.39, 0.29) is 12.4 Å². The summed E-state index contributed by atoms with van der Waals surface area (Å²) in [5, 5.41) is 11.6. The third kappa shape index (κ3) is 4.10. The summed E-state index contributed by atoms with van der Waals surface area (Å²) in [5.41, 5.74) is 0.792. The van der Waals surface area contributed by atoms with Gasteiger partial charge in [-0.3, -0.25) is 4.79 Å². The molecule has 0 spiro atoms. The Labute approximate surface area is 130 Å². The molecule has 0 aliphatic rings. The van der Waals surface area contributed by atoms with Crippen molar-refractivity contribution in [1.82, 2.24) is 14.9 Å². The second-order valence-electron chi connectivity index (χ2n) is 5.00. The molecule has 5 nitrogen and oxygen atoms in total. The van der Waals surface area contributed by atoms with E-state index < -0.39 is 30.9 Å². The second-order valence-corrected chi connectivity index (χ2v) is 5.00. The van der Waals surface area contributed by atoms with Gasteiger partial charge in [-0.25, -0.2) is 4.98 Å². The third-order valence-corrected chi connectivity index (χ3v) is 3.41.